The summed E-state index contributed by atoms with van der Waals surface area (Å²) >= 11 is 0. The zero-order valence-corrected chi connectivity index (χ0v) is 12.0. The molecule has 2 N–H and O–H groups in total. The third-order valence-electron chi connectivity index (χ3n) is 3.93. The molecule has 0 aliphatic carbocycles. The number of piperidine rings is 1. The van der Waals surface area contributed by atoms with Crippen molar-refractivity contribution in [3.63, 3.8) is 0 Å². The number of nitrogen functional groups attached to an aromatic ring is 1. The first-order valence-corrected chi connectivity index (χ1v) is 6.70. The zero-order valence-electron chi connectivity index (χ0n) is 12.0. The van der Waals surface area contributed by atoms with E-state index >= 15 is 0 Å². The van der Waals surface area contributed by atoms with Crippen LogP contribution in [0.4, 0.5) is 5.82 Å². The molecule has 0 radical (unpaired) electrons. The van der Waals surface area contributed by atoms with Gasteiger partial charge in [-0.3, -0.25) is 9.48 Å². The fourth-order valence-corrected chi connectivity index (χ4v) is 2.53. The smallest absolute Gasteiger partial charge is 0.258 e. The summed E-state index contributed by atoms with van der Waals surface area (Å²) in [6, 6.07) is 0. The van der Waals surface area contributed by atoms with Gasteiger partial charge in [0.2, 0.25) is 0 Å². The van der Waals surface area contributed by atoms with Crippen LogP contribution in [0.15, 0.2) is 6.20 Å². The van der Waals surface area contributed by atoms with Gasteiger partial charge in [-0.05, 0) is 38.9 Å². The number of carbonyl (C=O) groups excluding carboxylic acids is 1. The van der Waals surface area contributed by atoms with E-state index in [-0.39, 0.29) is 5.91 Å². The number of hydrogen-bond donors (Lipinski definition) is 1. The normalized spacial score (nSPS) is 17.6. The molecule has 1 aliphatic heterocycles. The average molecular weight is 265 g/mol. The second-order valence-electron chi connectivity index (χ2n) is 5.50. The molecule has 0 saturated carbocycles. The Hall–Kier alpha value is -1.56. The van der Waals surface area contributed by atoms with Gasteiger partial charge < -0.3 is 15.5 Å². The molecule has 1 aliphatic rings. The monoisotopic (exact) mass is 265 g/mol. The van der Waals surface area contributed by atoms with Gasteiger partial charge in [0.05, 0.1) is 6.20 Å². The molecular weight excluding hydrogens is 242 g/mol. The molecule has 19 heavy (non-hydrogen) atoms. The Morgan fingerprint density at radius 1 is 1.47 bits per heavy atom. The minimum Gasteiger partial charge on any atom is -0.383 e. The van der Waals surface area contributed by atoms with Crippen LogP contribution in [0.5, 0.6) is 0 Å². The lowest BCUT2D eigenvalue weighted by Crippen LogP contribution is -2.38. The number of hydrogen-bond acceptors (Lipinski definition) is 4. The van der Waals surface area contributed by atoms with Crippen LogP contribution in [-0.4, -0.2) is 59.2 Å². The minimum absolute atomic E-state index is 0.0375. The summed E-state index contributed by atoms with van der Waals surface area (Å²) in [6.45, 7) is 3.02. The quantitative estimate of drug-likeness (QED) is 0.860. The predicted octanol–water partition coefficient (Wildman–Crippen LogP) is 0.416. The molecule has 1 amide bonds. The molecule has 0 unspecified atom stereocenters. The molecule has 1 aromatic rings. The van der Waals surface area contributed by atoms with Gasteiger partial charge in [-0.1, -0.05) is 0 Å². The van der Waals surface area contributed by atoms with Crippen molar-refractivity contribution in [2.45, 2.75) is 12.8 Å². The molecule has 6 nitrogen and oxygen atoms in total. The topological polar surface area (TPSA) is 67.4 Å². The van der Waals surface area contributed by atoms with Crippen molar-refractivity contribution >= 4 is 11.7 Å². The van der Waals surface area contributed by atoms with Crippen molar-refractivity contribution in [1.29, 1.82) is 0 Å². The van der Waals surface area contributed by atoms with E-state index < -0.39 is 0 Å². The van der Waals surface area contributed by atoms with Crippen LogP contribution >= 0.6 is 0 Å². The third-order valence-corrected chi connectivity index (χ3v) is 3.93. The molecule has 0 spiro atoms. The summed E-state index contributed by atoms with van der Waals surface area (Å²) < 4.78 is 1.52. The van der Waals surface area contributed by atoms with Crippen molar-refractivity contribution in [1.82, 2.24) is 19.6 Å². The van der Waals surface area contributed by atoms with Crippen LogP contribution in [0.3, 0.4) is 0 Å². The standard InChI is InChI=1S/C13H23N5O/c1-16-6-4-10(5-7-16)9-17(2)13(19)11-8-15-18(3)12(11)14/h8,10H,4-7,9,14H2,1-3H3. The molecule has 6 heteroatoms. The van der Waals surface area contributed by atoms with Crippen molar-refractivity contribution in [3.05, 3.63) is 11.8 Å². The van der Waals surface area contributed by atoms with Gasteiger partial charge in [0.15, 0.2) is 0 Å². The van der Waals surface area contributed by atoms with Crippen LogP contribution in [-0.2, 0) is 7.05 Å². The van der Waals surface area contributed by atoms with Crippen molar-refractivity contribution in [2.24, 2.45) is 13.0 Å². The Morgan fingerprint density at radius 3 is 2.63 bits per heavy atom. The Kier molecular flexibility index (Phi) is 4.09. The Balaban J connectivity index is 1.94. The van der Waals surface area contributed by atoms with E-state index in [2.05, 4.69) is 17.0 Å². The maximum Gasteiger partial charge on any atom is 0.258 e. The van der Waals surface area contributed by atoms with Gasteiger partial charge in [-0.25, -0.2) is 0 Å². The number of anilines is 1. The van der Waals surface area contributed by atoms with Crippen LogP contribution in [0.1, 0.15) is 23.2 Å². The Labute approximate surface area is 114 Å². The van der Waals surface area contributed by atoms with Crippen LogP contribution in [0.25, 0.3) is 0 Å². The number of nitrogens with two attached hydrogens (primary N) is 1. The second-order valence-corrected chi connectivity index (χ2v) is 5.50. The lowest BCUT2D eigenvalue weighted by Gasteiger charge is -2.31. The molecular formula is C13H23N5O. The van der Waals surface area contributed by atoms with Gasteiger partial charge in [0, 0.05) is 20.6 Å². The maximum atomic E-state index is 12.3. The zero-order chi connectivity index (χ0) is 14.0. The highest BCUT2D eigenvalue weighted by Gasteiger charge is 2.23. The molecule has 2 rings (SSSR count). The number of aromatic nitrogens is 2. The SMILES string of the molecule is CN1CCC(CN(C)C(=O)c2cnn(C)c2N)CC1. The average Bonchev–Trinajstić information content (AvgIpc) is 2.72. The molecule has 0 bridgehead atoms. The maximum absolute atomic E-state index is 12.3. The van der Waals surface area contributed by atoms with Crippen LogP contribution < -0.4 is 5.73 Å². The van der Waals surface area contributed by atoms with Crippen molar-refractivity contribution < 1.29 is 4.79 Å². The first-order valence-electron chi connectivity index (χ1n) is 6.70. The van der Waals surface area contributed by atoms with E-state index in [4.69, 9.17) is 5.73 Å². The highest BCUT2D eigenvalue weighted by molar-refractivity contribution is 5.98. The summed E-state index contributed by atoms with van der Waals surface area (Å²) in [5.41, 5.74) is 6.34. The Morgan fingerprint density at radius 2 is 2.11 bits per heavy atom. The summed E-state index contributed by atoms with van der Waals surface area (Å²) in [5.74, 6) is 0.979. The van der Waals surface area contributed by atoms with E-state index in [0.717, 1.165) is 32.5 Å². The summed E-state index contributed by atoms with van der Waals surface area (Å²) in [7, 11) is 5.72. The molecule has 1 saturated heterocycles. The van der Waals surface area contributed by atoms with E-state index in [0.29, 0.717) is 17.3 Å². The van der Waals surface area contributed by atoms with Gasteiger partial charge in [-0.15, -0.1) is 0 Å². The highest BCUT2D eigenvalue weighted by Crippen LogP contribution is 2.19. The van der Waals surface area contributed by atoms with Crippen LogP contribution in [0.2, 0.25) is 0 Å². The molecule has 2 heterocycles. The molecule has 106 valence electrons. The highest BCUT2D eigenvalue weighted by atomic mass is 16.2. The number of nitrogens with zero attached hydrogens (tertiary/aromatic N) is 4. The fourth-order valence-electron chi connectivity index (χ4n) is 2.53. The number of rotatable bonds is 3. The minimum atomic E-state index is -0.0375. The lowest BCUT2D eigenvalue weighted by molar-refractivity contribution is 0.0748. The number of likely N-dealkylation sites (tertiary alicyclic amines) is 1. The van der Waals surface area contributed by atoms with E-state index in [9.17, 15) is 4.79 Å². The molecule has 1 aromatic heterocycles. The van der Waals surface area contributed by atoms with Crippen molar-refractivity contribution in [3.8, 4) is 0 Å². The summed E-state index contributed by atoms with van der Waals surface area (Å²) in [5, 5.41) is 4.01. The first-order chi connectivity index (χ1) is 8.99. The third kappa shape index (κ3) is 3.07. The Bertz CT molecular complexity index is 448. The number of amides is 1. The largest absolute Gasteiger partial charge is 0.383 e. The fraction of sp³-hybridized carbons (Fsp3) is 0.692. The molecule has 1 fully saturated rings. The van der Waals surface area contributed by atoms with Crippen molar-refractivity contribution in [2.75, 3.05) is 39.5 Å². The second kappa shape index (κ2) is 5.61. The number of carbonyl (C=O) groups is 1. The van der Waals surface area contributed by atoms with Gasteiger partial charge >= 0.3 is 0 Å². The van der Waals surface area contributed by atoms with Gasteiger partial charge in [-0.2, -0.15) is 5.10 Å². The first kappa shape index (κ1) is 13.9. The molecule has 0 atom stereocenters. The van der Waals surface area contributed by atoms with E-state index in [1.807, 2.05) is 7.05 Å². The number of aryl methyl sites for hydroxylation is 1. The van der Waals surface area contributed by atoms with Crippen LogP contribution in [0, 0.1) is 5.92 Å². The summed E-state index contributed by atoms with van der Waals surface area (Å²) in [6.07, 6.45) is 3.84. The van der Waals surface area contributed by atoms with E-state index in [1.54, 1.807) is 18.1 Å². The molecule has 0 aromatic carbocycles. The predicted molar refractivity (Wildman–Crippen MR) is 74.8 cm³/mol. The van der Waals surface area contributed by atoms with Gasteiger partial charge in [0.1, 0.15) is 11.4 Å². The van der Waals surface area contributed by atoms with Gasteiger partial charge in [0.25, 0.3) is 5.91 Å². The van der Waals surface area contributed by atoms with E-state index in [1.165, 1.54) is 4.68 Å². The lowest BCUT2D eigenvalue weighted by atomic mass is 9.96. The summed E-state index contributed by atoms with van der Waals surface area (Å²) in [4.78, 5) is 16.4.